The van der Waals surface area contributed by atoms with Gasteiger partial charge in [0.05, 0.1) is 17.7 Å². The van der Waals surface area contributed by atoms with E-state index in [0.29, 0.717) is 22.0 Å². The fourth-order valence-corrected chi connectivity index (χ4v) is 2.39. The molecule has 0 saturated carbocycles. The van der Waals surface area contributed by atoms with Crippen LogP contribution in [0.2, 0.25) is 10.0 Å². The van der Waals surface area contributed by atoms with Gasteiger partial charge < -0.3 is 14.8 Å². The highest BCUT2D eigenvalue weighted by Crippen LogP contribution is 2.32. The van der Waals surface area contributed by atoms with Crippen LogP contribution < -0.4 is 10.1 Å². The van der Waals surface area contributed by atoms with Crippen LogP contribution in [0.15, 0.2) is 36.4 Å². The monoisotopic (exact) mass is 381 g/mol. The third-order valence-electron chi connectivity index (χ3n) is 3.51. The minimum atomic E-state index is -0.822. The molecule has 0 spiro atoms. The Bertz CT molecular complexity index is 808. The number of carbonyl (C=O) groups is 2. The third-order valence-corrected chi connectivity index (χ3v) is 4.31. The second-order valence-corrected chi connectivity index (χ2v) is 6.11. The average molecular weight is 382 g/mol. The summed E-state index contributed by atoms with van der Waals surface area (Å²) in [5, 5.41) is 3.32. The molecule has 0 aliphatic rings. The van der Waals surface area contributed by atoms with E-state index < -0.39 is 12.1 Å². The molecule has 132 valence electrons. The molecule has 0 radical (unpaired) electrons. The normalized spacial score (nSPS) is 11.6. The molecule has 1 unspecified atom stereocenters. The molecule has 5 nitrogen and oxygen atoms in total. The van der Waals surface area contributed by atoms with Crippen molar-refractivity contribution in [2.75, 3.05) is 12.4 Å². The number of benzene rings is 2. The van der Waals surface area contributed by atoms with Crippen LogP contribution in [0.25, 0.3) is 0 Å². The molecule has 0 aliphatic carbocycles. The van der Waals surface area contributed by atoms with Gasteiger partial charge in [0.15, 0.2) is 6.10 Å². The first kappa shape index (κ1) is 19.1. The van der Waals surface area contributed by atoms with E-state index in [0.717, 1.165) is 5.56 Å². The van der Waals surface area contributed by atoms with Gasteiger partial charge in [0.2, 0.25) is 0 Å². The molecule has 0 aliphatic heterocycles. The third kappa shape index (κ3) is 4.65. The largest absolute Gasteiger partial charge is 0.479 e. The van der Waals surface area contributed by atoms with Crippen molar-refractivity contribution in [3.63, 3.8) is 0 Å². The number of amides is 1. The highest BCUT2D eigenvalue weighted by Gasteiger charge is 2.18. The zero-order valence-corrected chi connectivity index (χ0v) is 15.4. The second kappa shape index (κ2) is 8.23. The molecule has 7 heteroatoms. The van der Waals surface area contributed by atoms with E-state index in [1.165, 1.54) is 7.11 Å². The van der Waals surface area contributed by atoms with Gasteiger partial charge in [-0.15, -0.1) is 0 Å². The van der Waals surface area contributed by atoms with Crippen LogP contribution >= 0.6 is 23.2 Å². The molecule has 0 fully saturated rings. The van der Waals surface area contributed by atoms with Crippen molar-refractivity contribution in [1.29, 1.82) is 0 Å². The summed E-state index contributed by atoms with van der Waals surface area (Å²) in [6, 6.07) is 9.84. The number of hydrogen-bond acceptors (Lipinski definition) is 4. The summed E-state index contributed by atoms with van der Waals surface area (Å²) in [7, 11) is 1.30. The van der Waals surface area contributed by atoms with Crippen LogP contribution in [0.4, 0.5) is 5.69 Å². The Morgan fingerprint density at radius 2 is 1.88 bits per heavy atom. The van der Waals surface area contributed by atoms with Crippen molar-refractivity contribution in [2.24, 2.45) is 0 Å². The van der Waals surface area contributed by atoms with Gasteiger partial charge in [0.25, 0.3) is 5.91 Å². The maximum Gasteiger partial charge on any atom is 0.337 e. The van der Waals surface area contributed by atoms with Gasteiger partial charge in [-0.3, -0.25) is 4.79 Å². The molecule has 2 aromatic rings. The van der Waals surface area contributed by atoms with Crippen LogP contribution in [0.3, 0.4) is 0 Å². The summed E-state index contributed by atoms with van der Waals surface area (Å²) >= 11 is 12.0. The summed E-state index contributed by atoms with van der Waals surface area (Å²) < 4.78 is 10.3. The summed E-state index contributed by atoms with van der Waals surface area (Å²) in [5.41, 5.74) is 1.64. The van der Waals surface area contributed by atoms with Crippen LogP contribution in [-0.2, 0) is 9.53 Å². The van der Waals surface area contributed by atoms with E-state index in [9.17, 15) is 9.59 Å². The smallest absolute Gasteiger partial charge is 0.337 e. The first-order valence-corrected chi connectivity index (χ1v) is 8.19. The van der Waals surface area contributed by atoms with Crippen molar-refractivity contribution >= 4 is 40.8 Å². The predicted octanol–water partition coefficient (Wildman–Crippen LogP) is 4.49. The fraction of sp³-hybridized carbons (Fsp3) is 0.222. The van der Waals surface area contributed by atoms with Crippen LogP contribution in [-0.4, -0.2) is 25.1 Å². The summed E-state index contributed by atoms with van der Waals surface area (Å²) in [4.78, 5) is 24.0. The number of carbonyl (C=O) groups excluding carboxylic acids is 2. The molecule has 0 aromatic heterocycles. The number of esters is 1. The van der Waals surface area contributed by atoms with Crippen molar-refractivity contribution in [2.45, 2.75) is 20.0 Å². The Morgan fingerprint density at radius 1 is 1.16 bits per heavy atom. The number of rotatable bonds is 5. The lowest BCUT2D eigenvalue weighted by molar-refractivity contribution is -0.122. The molecule has 1 N–H and O–H groups in total. The maximum absolute atomic E-state index is 12.4. The topological polar surface area (TPSA) is 64.6 Å². The van der Waals surface area contributed by atoms with E-state index >= 15 is 0 Å². The molecule has 0 heterocycles. The quantitative estimate of drug-likeness (QED) is 0.774. The van der Waals surface area contributed by atoms with Crippen molar-refractivity contribution in [3.05, 3.63) is 57.6 Å². The summed E-state index contributed by atoms with van der Waals surface area (Å²) in [6.07, 6.45) is -0.822. The van der Waals surface area contributed by atoms with Crippen molar-refractivity contribution in [3.8, 4) is 5.75 Å². The number of anilines is 1. The lowest BCUT2D eigenvalue weighted by Gasteiger charge is -2.17. The number of ether oxygens (including phenoxy) is 2. The Labute approximate surface area is 155 Å². The average Bonchev–Trinajstić information content (AvgIpc) is 2.60. The number of nitrogens with one attached hydrogen (secondary N) is 1. The first-order valence-electron chi connectivity index (χ1n) is 7.44. The van der Waals surface area contributed by atoms with Gasteiger partial charge in [-0.25, -0.2) is 4.79 Å². The molecule has 2 rings (SSSR count). The highest BCUT2D eigenvalue weighted by atomic mass is 35.5. The maximum atomic E-state index is 12.4. The number of methoxy groups -OCH3 is 1. The Morgan fingerprint density at radius 3 is 2.56 bits per heavy atom. The SMILES string of the molecule is COC(=O)c1ccc(C)c(NC(=O)C(C)Oc2cccc(Cl)c2Cl)c1. The van der Waals surface area contributed by atoms with Gasteiger partial charge >= 0.3 is 5.97 Å². The molecular weight excluding hydrogens is 365 g/mol. The van der Waals surface area contributed by atoms with Gasteiger partial charge in [-0.1, -0.05) is 35.3 Å². The van der Waals surface area contributed by atoms with E-state index in [-0.39, 0.29) is 10.9 Å². The Hall–Kier alpha value is -2.24. The lowest BCUT2D eigenvalue weighted by Crippen LogP contribution is -2.30. The van der Waals surface area contributed by atoms with Crippen molar-refractivity contribution in [1.82, 2.24) is 0 Å². The zero-order chi connectivity index (χ0) is 18.6. The molecule has 0 bridgehead atoms. The van der Waals surface area contributed by atoms with Gasteiger partial charge in [-0.05, 0) is 43.7 Å². The van der Waals surface area contributed by atoms with Crippen LogP contribution in [0, 0.1) is 6.92 Å². The molecule has 25 heavy (non-hydrogen) atoms. The summed E-state index contributed by atoms with van der Waals surface area (Å²) in [5.74, 6) is -0.552. The summed E-state index contributed by atoms with van der Waals surface area (Å²) in [6.45, 7) is 3.40. The van der Waals surface area contributed by atoms with E-state index in [2.05, 4.69) is 10.1 Å². The standard InChI is InChI=1S/C18H17Cl2NO4/c1-10-7-8-12(18(23)24-3)9-14(10)21-17(22)11(2)25-15-6-4-5-13(19)16(15)20/h4-9,11H,1-3H3,(H,21,22). The number of aryl methyl sites for hydroxylation is 1. The molecule has 2 aromatic carbocycles. The minimum absolute atomic E-state index is 0.243. The fourth-order valence-electron chi connectivity index (χ4n) is 2.05. The van der Waals surface area contributed by atoms with Crippen LogP contribution in [0.1, 0.15) is 22.8 Å². The Balaban J connectivity index is 2.13. The van der Waals surface area contributed by atoms with E-state index in [1.807, 2.05) is 6.92 Å². The van der Waals surface area contributed by atoms with E-state index in [1.54, 1.807) is 43.3 Å². The van der Waals surface area contributed by atoms with Crippen LogP contribution in [0.5, 0.6) is 5.75 Å². The van der Waals surface area contributed by atoms with Gasteiger partial charge in [0, 0.05) is 5.69 Å². The van der Waals surface area contributed by atoms with Crippen molar-refractivity contribution < 1.29 is 19.1 Å². The molecule has 0 saturated heterocycles. The number of halogens is 2. The zero-order valence-electron chi connectivity index (χ0n) is 13.9. The Kier molecular flexibility index (Phi) is 6.28. The van der Waals surface area contributed by atoms with Gasteiger partial charge in [0.1, 0.15) is 10.8 Å². The first-order chi connectivity index (χ1) is 11.8. The molecule has 1 amide bonds. The van der Waals surface area contributed by atoms with Gasteiger partial charge in [-0.2, -0.15) is 0 Å². The predicted molar refractivity (Wildman–Crippen MR) is 97.7 cm³/mol. The minimum Gasteiger partial charge on any atom is -0.479 e. The van der Waals surface area contributed by atoms with E-state index in [4.69, 9.17) is 27.9 Å². The molecular formula is C18H17Cl2NO4. The lowest BCUT2D eigenvalue weighted by atomic mass is 10.1. The second-order valence-electron chi connectivity index (χ2n) is 5.32. The number of hydrogen-bond donors (Lipinski definition) is 1. The highest BCUT2D eigenvalue weighted by molar-refractivity contribution is 6.42. The molecule has 1 atom stereocenters.